The number of hydrogen-bond acceptors (Lipinski definition) is 0. The van der Waals surface area contributed by atoms with Gasteiger partial charge >= 0.3 is 0 Å². The molecule has 4 aliphatic carbocycles. The van der Waals surface area contributed by atoms with Gasteiger partial charge in [0.2, 0.25) is 0 Å². The second-order valence-electron chi connectivity index (χ2n) is 5.59. The zero-order valence-corrected chi connectivity index (χ0v) is 9.47. The van der Waals surface area contributed by atoms with Crippen molar-refractivity contribution in [3.63, 3.8) is 0 Å². The Kier molecular flexibility index (Phi) is 2.31. The van der Waals surface area contributed by atoms with Crippen LogP contribution in [0.15, 0.2) is 36.5 Å². The standard InChI is InChI=1S/C8H12.C7H8/c1-6-4-7-2-3-8(6)5-7;1-2-7-4-3-6(1)5-7/h2-3,6-8H,4-5H2,1H3;1-4,6-7H,5H2. The monoisotopic (exact) mass is 200 g/mol. The highest BCUT2D eigenvalue weighted by Crippen LogP contribution is 2.42. The molecule has 0 nitrogen and oxygen atoms in total. The third-order valence-corrected chi connectivity index (χ3v) is 4.37. The third kappa shape index (κ3) is 1.82. The fraction of sp³-hybridized carbons (Fsp3) is 0.600. The van der Waals surface area contributed by atoms with Gasteiger partial charge in [-0.25, -0.2) is 0 Å². The summed E-state index contributed by atoms with van der Waals surface area (Å²) >= 11 is 0. The minimum Gasteiger partial charge on any atom is -0.0851 e. The van der Waals surface area contributed by atoms with Crippen LogP contribution in [0.2, 0.25) is 0 Å². The molecule has 1 fully saturated rings. The van der Waals surface area contributed by atoms with E-state index in [4.69, 9.17) is 0 Å². The Labute approximate surface area is 92.8 Å². The maximum atomic E-state index is 2.40. The molecule has 3 unspecified atom stereocenters. The molecule has 0 aromatic heterocycles. The number of allylic oxidation sites excluding steroid dienone is 6. The molecule has 4 bridgehead atoms. The van der Waals surface area contributed by atoms with Crippen LogP contribution in [0.25, 0.3) is 0 Å². The first-order valence-electron chi connectivity index (χ1n) is 6.36. The van der Waals surface area contributed by atoms with E-state index in [0.717, 1.165) is 29.6 Å². The van der Waals surface area contributed by atoms with E-state index in [1.54, 1.807) is 0 Å². The van der Waals surface area contributed by atoms with Gasteiger partial charge < -0.3 is 0 Å². The van der Waals surface area contributed by atoms with E-state index in [-0.39, 0.29) is 0 Å². The highest BCUT2D eigenvalue weighted by atomic mass is 14.4. The lowest BCUT2D eigenvalue weighted by atomic mass is 9.96. The molecule has 0 spiro atoms. The van der Waals surface area contributed by atoms with Crippen molar-refractivity contribution in [2.24, 2.45) is 29.6 Å². The van der Waals surface area contributed by atoms with Crippen LogP contribution in [-0.2, 0) is 0 Å². The van der Waals surface area contributed by atoms with Gasteiger partial charge in [0.05, 0.1) is 0 Å². The fourth-order valence-electron chi connectivity index (χ4n) is 3.38. The first kappa shape index (κ1) is 9.45. The lowest BCUT2D eigenvalue weighted by molar-refractivity contribution is 0.493. The fourth-order valence-corrected chi connectivity index (χ4v) is 3.38. The summed E-state index contributed by atoms with van der Waals surface area (Å²) in [7, 11) is 0. The molecule has 4 rings (SSSR count). The third-order valence-electron chi connectivity index (χ3n) is 4.37. The minimum absolute atomic E-state index is 0.810. The smallest absolute Gasteiger partial charge is 0.00445 e. The molecule has 0 aromatic rings. The van der Waals surface area contributed by atoms with E-state index in [0.29, 0.717) is 0 Å². The van der Waals surface area contributed by atoms with Crippen molar-refractivity contribution in [1.82, 2.24) is 0 Å². The van der Waals surface area contributed by atoms with E-state index in [1.807, 2.05) is 0 Å². The molecular weight excluding hydrogens is 180 g/mol. The van der Waals surface area contributed by atoms with Crippen LogP contribution < -0.4 is 0 Å². The van der Waals surface area contributed by atoms with E-state index in [2.05, 4.69) is 43.4 Å². The molecule has 80 valence electrons. The number of hydrogen-bond donors (Lipinski definition) is 0. The highest BCUT2D eigenvalue weighted by Gasteiger charge is 2.32. The Morgan fingerprint density at radius 3 is 1.60 bits per heavy atom. The van der Waals surface area contributed by atoms with Crippen LogP contribution >= 0.6 is 0 Å². The zero-order valence-electron chi connectivity index (χ0n) is 9.47. The minimum atomic E-state index is 0.810. The van der Waals surface area contributed by atoms with E-state index in [1.165, 1.54) is 19.3 Å². The Morgan fingerprint density at radius 1 is 0.733 bits per heavy atom. The van der Waals surface area contributed by atoms with Crippen molar-refractivity contribution < 1.29 is 0 Å². The predicted molar refractivity (Wildman–Crippen MR) is 64.4 cm³/mol. The summed E-state index contributed by atoms with van der Waals surface area (Å²) in [4.78, 5) is 0. The van der Waals surface area contributed by atoms with Crippen LogP contribution in [-0.4, -0.2) is 0 Å². The van der Waals surface area contributed by atoms with Gasteiger partial charge in [0, 0.05) is 0 Å². The Hall–Kier alpha value is -0.780. The molecule has 0 aliphatic heterocycles. The average molecular weight is 200 g/mol. The van der Waals surface area contributed by atoms with Crippen LogP contribution in [0.4, 0.5) is 0 Å². The first-order chi connectivity index (χ1) is 7.31. The van der Waals surface area contributed by atoms with Gasteiger partial charge in [-0.15, -0.1) is 0 Å². The maximum Gasteiger partial charge on any atom is -0.00445 e. The van der Waals surface area contributed by atoms with Crippen LogP contribution in [0, 0.1) is 29.6 Å². The van der Waals surface area contributed by atoms with Crippen molar-refractivity contribution in [2.45, 2.75) is 26.2 Å². The predicted octanol–water partition coefficient (Wildman–Crippen LogP) is 3.97. The molecule has 0 N–H and O–H groups in total. The quantitative estimate of drug-likeness (QED) is 0.519. The van der Waals surface area contributed by atoms with Crippen molar-refractivity contribution in [1.29, 1.82) is 0 Å². The summed E-state index contributed by atoms with van der Waals surface area (Å²) in [5.74, 6) is 4.54. The van der Waals surface area contributed by atoms with Gasteiger partial charge in [-0.1, -0.05) is 43.4 Å². The Bertz CT molecular complexity index is 293. The molecule has 15 heavy (non-hydrogen) atoms. The highest BCUT2D eigenvalue weighted by molar-refractivity contribution is 5.21. The van der Waals surface area contributed by atoms with Crippen LogP contribution in [0.1, 0.15) is 26.2 Å². The van der Waals surface area contributed by atoms with Crippen molar-refractivity contribution in [3.8, 4) is 0 Å². The van der Waals surface area contributed by atoms with Gasteiger partial charge in [-0.05, 0) is 48.9 Å². The first-order valence-corrected chi connectivity index (χ1v) is 6.36. The zero-order chi connectivity index (χ0) is 10.3. The molecule has 0 radical (unpaired) electrons. The summed E-state index contributed by atoms with van der Waals surface area (Å²) in [6.07, 6.45) is 18.3. The van der Waals surface area contributed by atoms with Crippen molar-refractivity contribution >= 4 is 0 Å². The summed E-state index contributed by atoms with van der Waals surface area (Å²) in [6, 6.07) is 0. The molecular formula is C15H20. The van der Waals surface area contributed by atoms with Gasteiger partial charge in [-0.3, -0.25) is 0 Å². The summed E-state index contributed by atoms with van der Waals surface area (Å²) in [5.41, 5.74) is 0. The van der Waals surface area contributed by atoms with E-state index in [9.17, 15) is 0 Å². The molecule has 0 saturated heterocycles. The van der Waals surface area contributed by atoms with Crippen molar-refractivity contribution in [3.05, 3.63) is 36.5 Å². The largest absolute Gasteiger partial charge is 0.0851 e. The lowest BCUT2D eigenvalue weighted by Crippen LogP contribution is -1.99. The van der Waals surface area contributed by atoms with Crippen LogP contribution in [0.3, 0.4) is 0 Å². The molecule has 3 atom stereocenters. The van der Waals surface area contributed by atoms with E-state index < -0.39 is 0 Å². The molecule has 0 heterocycles. The summed E-state index contributed by atoms with van der Waals surface area (Å²) in [6.45, 7) is 2.37. The summed E-state index contributed by atoms with van der Waals surface area (Å²) < 4.78 is 0. The molecule has 1 saturated carbocycles. The lowest BCUT2D eigenvalue weighted by Gasteiger charge is -2.09. The summed E-state index contributed by atoms with van der Waals surface area (Å²) in [5, 5.41) is 0. The number of fused-ring (bicyclic) bond motifs is 4. The Morgan fingerprint density at radius 2 is 1.40 bits per heavy atom. The maximum absolute atomic E-state index is 2.40. The molecule has 0 aromatic carbocycles. The normalized spacial score (nSPS) is 47.4. The second-order valence-corrected chi connectivity index (χ2v) is 5.59. The van der Waals surface area contributed by atoms with Gasteiger partial charge in [0.15, 0.2) is 0 Å². The van der Waals surface area contributed by atoms with E-state index >= 15 is 0 Å². The van der Waals surface area contributed by atoms with Crippen LogP contribution in [0.5, 0.6) is 0 Å². The molecule has 4 aliphatic rings. The SMILES string of the molecule is C1=CC2C=CC1C2.CC1CC2C=CC1C2. The van der Waals surface area contributed by atoms with Gasteiger partial charge in [-0.2, -0.15) is 0 Å². The van der Waals surface area contributed by atoms with Gasteiger partial charge in [0.25, 0.3) is 0 Å². The Balaban J connectivity index is 0.0000000971. The average Bonchev–Trinajstić information content (AvgIpc) is 2.99. The van der Waals surface area contributed by atoms with Gasteiger partial charge in [0.1, 0.15) is 0 Å². The second kappa shape index (κ2) is 3.66. The molecule has 0 heteroatoms. The topological polar surface area (TPSA) is 0 Å². The van der Waals surface area contributed by atoms with Crippen molar-refractivity contribution in [2.75, 3.05) is 0 Å². The molecule has 0 amide bonds. The number of rotatable bonds is 0.